The second-order valence-electron chi connectivity index (χ2n) is 11.7. The van der Waals surface area contributed by atoms with Gasteiger partial charge in [0.05, 0.1) is 22.7 Å². The molecular weight excluding hydrogens is 540 g/mol. The van der Waals surface area contributed by atoms with Gasteiger partial charge in [0.1, 0.15) is 11.2 Å². The molecular formula is C31H36N4O5S. The van der Waals surface area contributed by atoms with E-state index in [4.69, 9.17) is 15.2 Å². The van der Waals surface area contributed by atoms with E-state index < -0.39 is 29.3 Å². The van der Waals surface area contributed by atoms with Gasteiger partial charge in [-0.3, -0.25) is 4.79 Å². The van der Waals surface area contributed by atoms with Gasteiger partial charge in [-0.15, -0.1) is 5.01 Å². The first-order valence-corrected chi connectivity index (χ1v) is 14.3. The molecule has 3 amide bonds. The Morgan fingerprint density at radius 1 is 0.927 bits per heavy atom. The van der Waals surface area contributed by atoms with Crippen LogP contribution in [0.5, 0.6) is 0 Å². The molecule has 0 bridgehead atoms. The second-order valence-corrected chi connectivity index (χ2v) is 12.8. The molecule has 0 spiro atoms. The van der Waals surface area contributed by atoms with Gasteiger partial charge in [-0.05, 0) is 84.4 Å². The number of hydrogen-bond donors (Lipinski definition) is 1. The van der Waals surface area contributed by atoms with Gasteiger partial charge in [0, 0.05) is 21.1 Å². The van der Waals surface area contributed by atoms with Gasteiger partial charge >= 0.3 is 12.2 Å². The van der Waals surface area contributed by atoms with Crippen LogP contribution in [-0.2, 0) is 14.3 Å². The van der Waals surface area contributed by atoms with Crippen LogP contribution in [0.1, 0.15) is 66.9 Å². The lowest BCUT2D eigenvalue weighted by Gasteiger charge is -2.33. The van der Waals surface area contributed by atoms with E-state index in [2.05, 4.69) is 5.10 Å². The molecule has 2 aromatic carbocycles. The number of nitrogens with two attached hydrogens (primary N) is 1. The topological polar surface area (TPSA) is 115 Å². The summed E-state index contributed by atoms with van der Waals surface area (Å²) in [7, 11) is 0. The fourth-order valence-corrected chi connectivity index (χ4v) is 5.23. The minimum atomic E-state index is -0.882. The molecule has 0 aliphatic carbocycles. The van der Waals surface area contributed by atoms with Crippen LogP contribution in [0.25, 0.3) is 4.91 Å². The van der Waals surface area contributed by atoms with Crippen molar-refractivity contribution in [1.29, 1.82) is 0 Å². The standard InChI is InChI=1S/C31H36N4O5S/c1-8-11-22-26(27(36)35(33-22)29(38)40-31(5,6)7)24-18-25(41-20-16-14-19(32)15-17-20)21-12-9-10-13-23(21)34(24)28(37)39-30(2,3)4/h9-10,12-18H,8,11,32H2,1-7H3. The third kappa shape index (κ3) is 6.82. The maximum Gasteiger partial charge on any atom is 0.438 e. The summed E-state index contributed by atoms with van der Waals surface area (Å²) in [6.07, 6.45) is 1.31. The molecule has 0 unspecified atom stereocenters. The maximum atomic E-state index is 13.9. The molecule has 10 heteroatoms. The Hall–Kier alpha value is -4.05. The summed E-state index contributed by atoms with van der Waals surface area (Å²) in [5.74, 6) is -0.668. The predicted octanol–water partition coefficient (Wildman–Crippen LogP) is 7.34. The molecule has 0 saturated carbocycles. The van der Waals surface area contributed by atoms with Gasteiger partial charge < -0.3 is 15.2 Å². The quantitative estimate of drug-likeness (QED) is 0.299. The summed E-state index contributed by atoms with van der Waals surface area (Å²) >= 11 is 1.47. The SMILES string of the molecule is CCCC1=NN(C(=O)OC(C)(C)C)C(=O)C1=C1C=C(Sc2ccc(N)cc2)c2ccccc2N1C(=O)OC(C)(C)C. The highest BCUT2D eigenvalue weighted by atomic mass is 32.2. The van der Waals surface area contributed by atoms with Crippen molar-refractivity contribution >= 4 is 51.8 Å². The van der Waals surface area contributed by atoms with Gasteiger partial charge in [0.15, 0.2) is 0 Å². The van der Waals surface area contributed by atoms with Gasteiger partial charge in [-0.1, -0.05) is 43.3 Å². The monoisotopic (exact) mass is 576 g/mol. The first-order chi connectivity index (χ1) is 19.2. The van der Waals surface area contributed by atoms with Crippen molar-refractivity contribution in [2.24, 2.45) is 5.10 Å². The van der Waals surface area contributed by atoms with Gasteiger partial charge in [0.25, 0.3) is 5.91 Å². The summed E-state index contributed by atoms with van der Waals surface area (Å²) in [4.78, 5) is 43.8. The number of hydrazone groups is 1. The number of nitrogens with zero attached hydrogens (tertiary/aromatic N) is 3. The smallest absolute Gasteiger partial charge is 0.438 e. The molecule has 0 saturated heterocycles. The van der Waals surface area contributed by atoms with E-state index in [1.165, 1.54) is 16.7 Å². The number of carbonyl (C=O) groups excluding carboxylic acids is 3. The van der Waals surface area contributed by atoms with E-state index in [1.807, 2.05) is 49.4 Å². The van der Waals surface area contributed by atoms with Gasteiger partial charge in [0.2, 0.25) is 0 Å². The average Bonchev–Trinajstić information content (AvgIpc) is 3.19. The number of anilines is 2. The highest BCUT2D eigenvalue weighted by Gasteiger charge is 2.42. The number of hydrogen-bond acceptors (Lipinski definition) is 8. The van der Waals surface area contributed by atoms with Crippen molar-refractivity contribution in [3.63, 3.8) is 0 Å². The predicted molar refractivity (Wildman–Crippen MR) is 162 cm³/mol. The summed E-state index contributed by atoms with van der Waals surface area (Å²) in [5.41, 5.74) is 7.05. The first kappa shape index (κ1) is 29.9. The number of nitrogen functional groups attached to an aromatic ring is 1. The third-order valence-electron chi connectivity index (χ3n) is 5.83. The number of ether oxygens (including phenoxy) is 2. The number of benzene rings is 2. The molecule has 4 rings (SSSR count). The Morgan fingerprint density at radius 2 is 1.54 bits per heavy atom. The zero-order valence-corrected chi connectivity index (χ0v) is 25.3. The van der Waals surface area contributed by atoms with Gasteiger partial charge in [-0.25, -0.2) is 14.5 Å². The number of fused-ring (bicyclic) bond motifs is 1. The molecule has 2 heterocycles. The lowest BCUT2D eigenvalue weighted by Crippen LogP contribution is -2.40. The normalized spacial score (nSPS) is 17.2. The van der Waals surface area contributed by atoms with E-state index in [1.54, 1.807) is 53.7 Å². The first-order valence-electron chi connectivity index (χ1n) is 13.5. The van der Waals surface area contributed by atoms with Crippen LogP contribution in [0.3, 0.4) is 0 Å². The summed E-state index contributed by atoms with van der Waals surface area (Å²) < 4.78 is 11.3. The number of imide groups is 1. The lowest BCUT2D eigenvalue weighted by molar-refractivity contribution is -0.125. The van der Waals surface area contributed by atoms with Crippen molar-refractivity contribution in [2.45, 2.75) is 77.4 Å². The minimum Gasteiger partial charge on any atom is -0.443 e. The molecule has 9 nitrogen and oxygen atoms in total. The van der Waals surface area contributed by atoms with Crippen LogP contribution >= 0.6 is 11.8 Å². The van der Waals surface area contributed by atoms with Crippen molar-refractivity contribution in [2.75, 3.05) is 10.6 Å². The van der Waals surface area contributed by atoms with Crippen LogP contribution in [0, 0.1) is 0 Å². The maximum absolute atomic E-state index is 13.9. The molecule has 2 N–H and O–H groups in total. The highest BCUT2D eigenvalue weighted by Crippen LogP contribution is 2.46. The molecule has 0 radical (unpaired) electrons. The van der Waals surface area contributed by atoms with Crippen LogP contribution in [0.4, 0.5) is 21.0 Å². The zero-order chi connectivity index (χ0) is 30.1. The summed E-state index contributed by atoms with van der Waals surface area (Å²) in [5, 5.41) is 5.12. The second kappa shape index (κ2) is 11.4. The number of para-hydroxylation sites is 1. The summed E-state index contributed by atoms with van der Waals surface area (Å²) in [6, 6.07) is 14.9. The fraction of sp³-hybridized carbons (Fsp3) is 0.355. The number of allylic oxidation sites excluding steroid dienone is 1. The Balaban J connectivity index is 1.93. The third-order valence-corrected chi connectivity index (χ3v) is 6.89. The van der Waals surface area contributed by atoms with Crippen molar-refractivity contribution in [3.05, 3.63) is 71.4 Å². The summed E-state index contributed by atoms with van der Waals surface area (Å²) in [6.45, 7) is 12.4. The molecule has 0 atom stereocenters. The van der Waals surface area contributed by atoms with E-state index in [0.29, 0.717) is 29.9 Å². The molecule has 2 aromatic rings. The number of rotatable bonds is 4. The van der Waals surface area contributed by atoms with E-state index >= 15 is 0 Å². The average molecular weight is 577 g/mol. The largest absolute Gasteiger partial charge is 0.443 e. The van der Waals surface area contributed by atoms with Crippen molar-refractivity contribution in [3.8, 4) is 0 Å². The van der Waals surface area contributed by atoms with Crippen molar-refractivity contribution in [1.82, 2.24) is 5.01 Å². The lowest BCUT2D eigenvalue weighted by atomic mass is 9.98. The van der Waals surface area contributed by atoms with Crippen LogP contribution in [0.15, 0.2) is 75.9 Å². The Labute approximate surface area is 245 Å². The molecule has 0 aromatic heterocycles. The van der Waals surface area contributed by atoms with E-state index in [-0.39, 0.29) is 11.3 Å². The van der Waals surface area contributed by atoms with E-state index in [9.17, 15) is 14.4 Å². The zero-order valence-electron chi connectivity index (χ0n) is 24.5. The number of thioether (sulfide) groups is 1. The van der Waals surface area contributed by atoms with E-state index in [0.717, 1.165) is 20.4 Å². The number of amides is 3. The van der Waals surface area contributed by atoms with Crippen molar-refractivity contribution < 1.29 is 23.9 Å². The Kier molecular flexibility index (Phi) is 8.35. The molecule has 2 aliphatic rings. The molecule has 2 aliphatic heterocycles. The van der Waals surface area contributed by atoms with Gasteiger partial charge in [-0.2, -0.15) is 5.10 Å². The molecule has 41 heavy (non-hydrogen) atoms. The molecule has 0 fully saturated rings. The minimum absolute atomic E-state index is 0.147. The van der Waals surface area contributed by atoms with Crippen LogP contribution in [-0.4, -0.2) is 40.0 Å². The Morgan fingerprint density at radius 3 is 2.15 bits per heavy atom. The molecule has 216 valence electrons. The number of carbonyl (C=O) groups is 3. The fourth-order valence-electron chi connectivity index (χ4n) is 4.25. The van der Waals surface area contributed by atoms with Crippen LogP contribution < -0.4 is 10.6 Å². The highest BCUT2D eigenvalue weighted by molar-refractivity contribution is 8.08. The van der Waals surface area contributed by atoms with Crippen LogP contribution in [0.2, 0.25) is 0 Å². The Bertz CT molecular complexity index is 1460.